The minimum atomic E-state index is -4.10. The molecular weight excluding hydrogens is 424 g/mol. The summed E-state index contributed by atoms with van der Waals surface area (Å²) >= 11 is 0. The van der Waals surface area contributed by atoms with Crippen LogP contribution in [0, 0.1) is 6.92 Å². The third kappa shape index (κ3) is 4.40. The molecule has 2 aromatic heterocycles. The van der Waals surface area contributed by atoms with Crippen LogP contribution in [-0.4, -0.2) is 46.7 Å². The van der Waals surface area contributed by atoms with Crippen molar-refractivity contribution in [2.24, 2.45) is 0 Å². The number of hydrogen-bond acceptors (Lipinski definition) is 6. The molecule has 0 radical (unpaired) electrons. The highest BCUT2D eigenvalue weighted by Crippen LogP contribution is 2.35. The van der Waals surface area contributed by atoms with Crippen LogP contribution >= 0.6 is 0 Å². The normalized spacial score (nSPS) is 16.9. The number of alkyl halides is 2. The molecule has 162 valence electrons. The van der Waals surface area contributed by atoms with Crippen LogP contribution in [0.3, 0.4) is 0 Å². The topological polar surface area (TPSA) is 102 Å². The van der Waals surface area contributed by atoms with Gasteiger partial charge in [-0.1, -0.05) is 23.8 Å². The van der Waals surface area contributed by atoms with E-state index < -0.39 is 22.5 Å². The van der Waals surface area contributed by atoms with Gasteiger partial charge in [0.05, 0.1) is 17.1 Å². The van der Waals surface area contributed by atoms with E-state index in [1.165, 1.54) is 6.07 Å². The van der Waals surface area contributed by atoms with Gasteiger partial charge in [-0.3, -0.25) is 4.98 Å². The molecule has 0 aliphatic carbocycles. The number of nitrogens with zero attached hydrogens (tertiary/aromatic N) is 4. The Hall–Kier alpha value is -2.98. The largest absolute Gasteiger partial charge is 0.368 e. The lowest BCUT2D eigenvalue weighted by Crippen LogP contribution is -2.45. The lowest BCUT2D eigenvalue weighted by Gasteiger charge is -2.32. The maximum atomic E-state index is 13.9. The fraction of sp³-hybridized carbons (Fsp3) is 0.286. The van der Waals surface area contributed by atoms with Crippen molar-refractivity contribution in [3.05, 3.63) is 54.5 Å². The van der Waals surface area contributed by atoms with Crippen molar-refractivity contribution >= 4 is 16.0 Å². The van der Waals surface area contributed by atoms with Gasteiger partial charge in [0.2, 0.25) is 16.0 Å². The van der Waals surface area contributed by atoms with Crippen LogP contribution < -0.4 is 5.73 Å². The summed E-state index contributed by atoms with van der Waals surface area (Å²) in [4.78, 5) is 12.3. The number of nitrogen functional groups attached to an aromatic ring is 1. The Balaban J connectivity index is 1.73. The van der Waals surface area contributed by atoms with Gasteiger partial charge in [-0.25, -0.2) is 27.2 Å². The van der Waals surface area contributed by atoms with Crippen molar-refractivity contribution < 1.29 is 17.2 Å². The molecule has 0 unspecified atom stereocenters. The number of aromatic nitrogens is 3. The second kappa shape index (κ2) is 7.93. The Morgan fingerprint density at radius 1 is 1.03 bits per heavy atom. The molecule has 0 spiro atoms. The summed E-state index contributed by atoms with van der Waals surface area (Å²) in [6, 6.07) is 8.30. The molecule has 0 bridgehead atoms. The molecule has 0 saturated carbocycles. The van der Waals surface area contributed by atoms with Crippen molar-refractivity contribution in [3.8, 4) is 22.4 Å². The van der Waals surface area contributed by atoms with Gasteiger partial charge in [-0.2, -0.15) is 4.31 Å². The summed E-state index contributed by atoms with van der Waals surface area (Å²) in [5.41, 5.74) is 8.58. The van der Waals surface area contributed by atoms with Gasteiger partial charge in [0.15, 0.2) is 0 Å². The van der Waals surface area contributed by atoms with Crippen LogP contribution in [0.1, 0.15) is 18.4 Å². The molecule has 1 aromatic carbocycles. The number of sulfonamides is 1. The molecule has 1 aliphatic heterocycles. The number of rotatable bonds is 4. The van der Waals surface area contributed by atoms with Gasteiger partial charge in [0, 0.05) is 48.2 Å². The van der Waals surface area contributed by atoms with E-state index in [1.54, 1.807) is 42.9 Å². The molecule has 7 nitrogen and oxygen atoms in total. The van der Waals surface area contributed by atoms with E-state index in [2.05, 4.69) is 15.0 Å². The molecule has 1 saturated heterocycles. The number of anilines is 1. The zero-order valence-corrected chi connectivity index (χ0v) is 17.6. The molecule has 3 aromatic rings. The summed E-state index contributed by atoms with van der Waals surface area (Å²) < 4.78 is 55.1. The van der Waals surface area contributed by atoms with E-state index in [0.717, 1.165) is 9.87 Å². The molecular formula is C21H21F2N5O2S. The Kier molecular flexibility index (Phi) is 5.44. The molecule has 0 atom stereocenters. The minimum absolute atomic E-state index is 0.0128. The second-order valence-corrected chi connectivity index (χ2v) is 9.47. The molecule has 0 amide bonds. The quantitative estimate of drug-likeness (QED) is 0.659. The van der Waals surface area contributed by atoms with Crippen molar-refractivity contribution in [3.63, 3.8) is 0 Å². The summed E-state index contributed by atoms with van der Waals surface area (Å²) in [6.07, 6.45) is 4.45. The highest BCUT2D eigenvalue weighted by molar-refractivity contribution is 7.89. The second-order valence-electron chi connectivity index (χ2n) is 7.56. The summed E-state index contributed by atoms with van der Waals surface area (Å²) in [7, 11) is -4.10. The number of halogens is 2. The molecule has 1 fully saturated rings. The first-order valence-corrected chi connectivity index (χ1v) is 11.1. The van der Waals surface area contributed by atoms with Gasteiger partial charge in [-0.15, -0.1) is 0 Å². The third-order valence-corrected chi connectivity index (χ3v) is 7.06. The van der Waals surface area contributed by atoms with E-state index in [1.807, 2.05) is 6.92 Å². The first-order valence-electron chi connectivity index (χ1n) is 9.69. The average Bonchev–Trinajstić information content (AvgIpc) is 2.73. The van der Waals surface area contributed by atoms with Crippen LogP contribution in [0.15, 0.2) is 53.8 Å². The molecule has 2 N–H and O–H groups in total. The Morgan fingerprint density at radius 3 is 2.39 bits per heavy atom. The van der Waals surface area contributed by atoms with Crippen molar-refractivity contribution in [2.75, 3.05) is 18.8 Å². The number of piperidine rings is 1. The number of nitrogens with two attached hydrogens (primary N) is 1. The van der Waals surface area contributed by atoms with Gasteiger partial charge in [0.25, 0.3) is 5.92 Å². The van der Waals surface area contributed by atoms with E-state index in [0.29, 0.717) is 22.4 Å². The number of benzene rings is 1. The van der Waals surface area contributed by atoms with Gasteiger partial charge >= 0.3 is 0 Å². The summed E-state index contributed by atoms with van der Waals surface area (Å²) in [5.74, 6) is -2.88. The molecule has 3 heterocycles. The minimum Gasteiger partial charge on any atom is -0.368 e. The summed E-state index contributed by atoms with van der Waals surface area (Å²) in [5, 5.41) is 0. The van der Waals surface area contributed by atoms with E-state index >= 15 is 0 Å². The van der Waals surface area contributed by atoms with Crippen LogP contribution in [0.4, 0.5) is 14.7 Å². The Morgan fingerprint density at radius 2 is 1.74 bits per heavy atom. The maximum absolute atomic E-state index is 13.9. The highest BCUT2D eigenvalue weighted by atomic mass is 32.2. The molecule has 31 heavy (non-hydrogen) atoms. The van der Waals surface area contributed by atoms with Crippen molar-refractivity contribution in [2.45, 2.75) is 30.6 Å². The monoisotopic (exact) mass is 445 g/mol. The first-order chi connectivity index (χ1) is 14.7. The van der Waals surface area contributed by atoms with Gasteiger partial charge in [0.1, 0.15) is 0 Å². The molecule has 1 aliphatic rings. The van der Waals surface area contributed by atoms with Crippen LogP contribution in [0.5, 0.6) is 0 Å². The van der Waals surface area contributed by atoms with E-state index in [9.17, 15) is 17.2 Å². The van der Waals surface area contributed by atoms with Gasteiger partial charge < -0.3 is 5.73 Å². The average molecular weight is 445 g/mol. The zero-order valence-electron chi connectivity index (χ0n) is 16.8. The van der Waals surface area contributed by atoms with Crippen LogP contribution in [-0.2, 0) is 10.0 Å². The Labute approximate surface area is 179 Å². The first kappa shape index (κ1) is 21.3. The fourth-order valence-corrected chi connectivity index (χ4v) is 5.26. The zero-order chi connectivity index (χ0) is 22.2. The van der Waals surface area contributed by atoms with E-state index in [-0.39, 0.29) is 30.2 Å². The number of aryl methyl sites for hydroxylation is 1. The lowest BCUT2D eigenvalue weighted by atomic mass is 10.0. The maximum Gasteiger partial charge on any atom is 0.261 e. The van der Waals surface area contributed by atoms with Crippen LogP contribution in [0.2, 0.25) is 0 Å². The van der Waals surface area contributed by atoms with E-state index in [4.69, 9.17) is 5.73 Å². The van der Waals surface area contributed by atoms with Crippen molar-refractivity contribution in [1.82, 2.24) is 19.3 Å². The summed E-state index contributed by atoms with van der Waals surface area (Å²) in [6.45, 7) is 1.10. The number of pyridine rings is 1. The highest BCUT2D eigenvalue weighted by Gasteiger charge is 2.41. The van der Waals surface area contributed by atoms with Gasteiger partial charge in [-0.05, 0) is 25.5 Å². The third-order valence-electron chi connectivity index (χ3n) is 5.15. The van der Waals surface area contributed by atoms with Crippen molar-refractivity contribution in [1.29, 1.82) is 0 Å². The predicted molar refractivity (Wildman–Crippen MR) is 113 cm³/mol. The predicted octanol–water partition coefficient (Wildman–Crippen LogP) is 3.52. The smallest absolute Gasteiger partial charge is 0.261 e. The Bertz CT molecular complexity index is 1200. The SMILES string of the molecule is Cc1ccc(S(=O)(=O)N2CCCC(F)(F)C2)c(-c2ccc(-c3cnc(N)nc3)nc2)c1. The lowest BCUT2D eigenvalue weighted by molar-refractivity contribution is -0.0434. The standard InChI is InChI=1S/C21H21F2N5O2S/c1-14-3-6-19(31(29,30)28-8-2-7-21(22,23)13-28)17(9-14)15-4-5-18(25-10-15)16-11-26-20(24)27-12-16/h3-6,9-12H,2,7-8,13H2,1H3,(H2,24,26,27). The molecule has 10 heteroatoms. The van der Waals surface area contributed by atoms with Crippen LogP contribution in [0.25, 0.3) is 22.4 Å². The molecule has 4 rings (SSSR count). The number of hydrogen-bond donors (Lipinski definition) is 1. The fourth-order valence-electron chi connectivity index (χ4n) is 3.56.